The monoisotopic (exact) mass is 280 g/mol. The van der Waals surface area contributed by atoms with Gasteiger partial charge in [-0.1, -0.05) is 13.8 Å². The Balaban J connectivity index is 2.53. The number of nitrogens with one attached hydrogen (secondary N) is 1. The van der Waals surface area contributed by atoms with Gasteiger partial charge in [0.05, 0.1) is 0 Å². The number of pyridine rings is 1. The molecule has 0 aliphatic heterocycles. The third kappa shape index (κ3) is 5.17. The molecule has 112 valence electrons. The van der Waals surface area contributed by atoms with Crippen LogP contribution in [0.4, 0.5) is 5.82 Å². The van der Waals surface area contributed by atoms with Crippen molar-refractivity contribution in [3.63, 3.8) is 0 Å². The molecule has 0 aliphatic carbocycles. The lowest BCUT2D eigenvalue weighted by molar-refractivity contribution is 0.0697. The van der Waals surface area contributed by atoms with Gasteiger partial charge in [0.25, 0.3) is 0 Å². The van der Waals surface area contributed by atoms with Gasteiger partial charge in [-0.3, -0.25) is 0 Å². The Hall–Kier alpha value is -1.62. The smallest absolute Gasteiger partial charge is 0.339 e. The summed E-state index contributed by atoms with van der Waals surface area (Å²) in [6.45, 7) is 9.92. The maximum absolute atomic E-state index is 11.3. The predicted molar refractivity (Wildman–Crippen MR) is 79.4 cm³/mol. The molecule has 0 aromatic carbocycles. The number of anilines is 1. The molecule has 0 saturated carbocycles. The van der Waals surface area contributed by atoms with E-state index in [0.717, 1.165) is 24.3 Å². The van der Waals surface area contributed by atoms with Gasteiger partial charge in [0, 0.05) is 25.5 Å². The van der Waals surface area contributed by atoms with Crippen LogP contribution in [-0.4, -0.2) is 35.8 Å². The number of hydrogen-bond acceptors (Lipinski definition) is 4. The lowest BCUT2D eigenvalue weighted by Crippen LogP contribution is -2.14. The molecule has 0 unspecified atom stereocenters. The number of aromatic nitrogens is 1. The Morgan fingerprint density at radius 1 is 1.45 bits per heavy atom. The van der Waals surface area contributed by atoms with Crippen molar-refractivity contribution in [1.82, 2.24) is 4.98 Å². The first-order valence-corrected chi connectivity index (χ1v) is 6.95. The summed E-state index contributed by atoms with van der Waals surface area (Å²) in [5, 5.41) is 12.3. The molecule has 1 aromatic rings. The van der Waals surface area contributed by atoms with E-state index in [4.69, 9.17) is 4.74 Å². The molecule has 0 aliphatic rings. The molecular formula is C15H24N2O3. The third-order valence-corrected chi connectivity index (χ3v) is 2.77. The quantitative estimate of drug-likeness (QED) is 0.716. The number of hydrogen-bond donors (Lipinski definition) is 2. The summed E-state index contributed by atoms with van der Waals surface area (Å²) in [5.74, 6) is 0.0232. The van der Waals surface area contributed by atoms with Gasteiger partial charge in [-0.05, 0) is 37.8 Å². The number of aryl methyl sites for hydroxylation is 2. The Kier molecular flexibility index (Phi) is 6.45. The average Bonchev–Trinajstić information content (AvgIpc) is 2.31. The second-order valence-corrected chi connectivity index (χ2v) is 5.36. The summed E-state index contributed by atoms with van der Waals surface area (Å²) in [5.41, 5.74) is 1.79. The number of rotatable bonds is 8. The van der Waals surface area contributed by atoms with Crippen LogP contribution in [0, 0.1) is 19.8 Å². The second kappa shape index (κ2) is 7.85. The molecule has 2 N–H and O–H groups in total. The van der Waals surface area contributed by atoms with E-state index in [-0.39, 0.29) is 5.56 Å². The average molecular weight is 280 g/mol. The fraction of sp³-hybridized carbons (Fsp3) is 0.600. The number of aromatic carboxylic acids is 1. The van der Waals surface area contributed by atoms with Crippen LogP contribution in [0.3, 0.4) is 0 Å². The molecule has 5 nitrogen and oxygen atoms in total. The van der Waals surface area contributed by atoms with Crippen molar-refractivity contribution in [1.29, 1.82) is 0 Å². The Labute approximate surface area is 120 Å². The van der Waals surface area contributed by atoms with Gasteiger partial charge in [0.2, 0.25) is 0 Å². The van der Waals surface area contributed by atoms with Crippen molar-refractivity contribution in [3.05, 3.63) is 22.9 Å². The van der Waals surface area contributed by atoms with Crippen molar-refractivity contribution in [2.75, 3.05) is 25.1 Å². The third-order valence-electron chi connectivity index (χ3n) is 2.77. The summed E-state index contributed by atoms with van der Waals surface area (Å²) in [6, 6.07) is 1.78. The van der Waals surface area contributed by atoms with Crippen LogP contribution in [0.1, 0.15) is 41.9 Å². The van der Waals surface area contributed by atoms with Crippen LogP contribution in [0.15, 0.2) is 6.07 Å². The summed E-state index contributed by atoms with van der Waals surface area (Å²) in [7, 11) is 0. The van der Waals surface area contributed by atoms with E-state index in [2.05, 4.69) is 24.1 Å². The van der Waals surface area contributed by atoms with Gasteiger partial charge in [-0.25, -0.2) is 9.78 Å². The Bertz CT molecular complexity index is 459. The Morgan fingerprint density at radius 2 is 2.15 bits per heavy atom. The molecular weight excluding hydrogens is 256 g/mol. The number of carboxylic acids is 1. The minimum Gasteiger partial charge on any atom is -0.478 e. The van der Waals surface area contributed by atoms with Gasteiger partial charge >= 0.3 is 5.97 Å². The Morgan fingerprint density at radius 3 is 2.75 bits per heavy atom. The summed E-state index contributed by atoms with van der Waals surface area (Å²) in [4.78, 5) is 15.5. The van der Waals surface area contributed by atoms with Gasteiger partial charge in [0.1, 0.15) is 11.4 Å². The molecule has 0 bridgehead atoms. The normalized spacial score (nSPS) is 10.8. The van der Waals surface area contributed by atoms with Crippen molar-refractivity contribution < 1.29 is 14.6 Å². The van der Waals surface area contributed by atoms with Gasteiger partial charge < -0.3 is 15.2 Å². The minimum absolute atomic E-state index is 0.249. The zero-order valence-corrected chi connectivity index (χ0v) is 12.7. The lowest BCUT2D eigenvalue weighted by atomic mass is 10.1. The summed E-state index contributed by atoms with van der Waals surface area (Å²) >= 11 is 0. The first-order chi connectivity index (χ1) is 9.41. The first kappa shape index (κ1) is 16.4. The van der Waals surface area contributed by atoms with Crippen LogP contribution in [-0.2, 0) is 4.74 Å². The molecule has 20 heavy (non-hydrogen) atoms. The van der Waals surface area contributed by atoms with Crippen LogP contribution in [0.2, 0.25) is 0 Å². The van der Waals surface area contributed by atoms with E-state index >= 15 is 0 Å². The topological polar surface area (TPSA) is 71.5 Å². The van der Waals surface area contributed by atoms with Crippen LogP contribution < -0.4 is 5.32 Å². The minimum atomic E-state index is -0.950. The van der Waals surface area contributed by atoms with Crippen LogP contribution in [0.5, 0.6) is 0 Å². The highest BCUT2D eigenvalue weighted by atomic mass is 16.5. The van der Waals surface area contributed by atoms with Crippen molar-refractivity contribution in [3.8, 4) is 0 Å². The maximum atomic E-state index is 11.3. The molecule has 0 spiro atoms. The SMILES string of the molecule is Cc1cc(C)c(C(=O)O)c(NCCCOCC(C)C)n1. The zero-order valence-electron chi connectivity index (χ0n) is 12.7. The van der Waals surface area contributed by atoms with Gasteiger partial charge in [0.15, 0.2) is 0 Å². The molecule has 1 aromatic heterocycles. The van der Waals surface area contributed by atoms with Gasteiger partial charge in [-0.2, -0.15) is 0 Å². The molecule has 0 fully saturated rings. The molecule has 1 rings (SSSR count). The highest BCUT2D eigenvalue weighted by Crippen LogP contribution is 2.18. The number of nitrogens with zero attached hydrogens (tertiary/aromatic N) is 1. The second-order valence-electron chi connectivity index (χ2n) is 5.36. The number of ether oxygens (including phenoxy) is 1. The van der Waals surface area contributed by atoms with Crippen molar-refractivity contribution in [2.24, 2.45) is 5.92 Å². The van der Waals surface area contributed by atoms with Gasteiger partial charge in [-0.15, -0.1) is 0 Å². The number of carbonyl (C=O) groups is 1. The first-order valence-electron chi connectivity index (χ1n) is 6.95. The maximum Gasteiger partial charge on any atom is 0.339 e. The molecule has 0 radical (unpaired) electrons. The van der Waals surface area contributed by atoms with E-state index in [9.17, 15) is 9.90 Å². The fourth-order valence-electron chi connectivity index (χ4n) is 1.93. The zero-order chi connectivity index (χ0) is 15.1. The van der Waals surface area contributed by atoms with Crippen molar-refractivity contribution >= 4 is 11.8 Å². The largest absolute Gasteiger partial charge is 0.478 e. The van der Waals surface area contributed by atoms with E-state index in [1.807, 2.05) is 6.92 Å². The molecule has 1 heterocycles. The lowest BCUT2D eigenvalue weighted by Gasteiger charge is -2.12. The predicted octanol–water partition coefficient (Wildman–Crippen LogP) is 2.87. The fourth-order valence-corrected chi connectivity index (χ4v) is 1.93. The molecule has 0 saturated heterocycles. The molecule has 0 amide bonds. The molecule has 5 heteroatoms. The van der Waals surface area contributed by atoms with Crippen LogP contribution in [0.25, 0.3) is 0 Å². The van der Waals surface area contributed by atoms with Crippen LogP contribution >= 0.6 is 0 Å². The number of carboxylic acid groups (broad SMARTS) is 1. The highest BCUT2D eigenvalue weighted by Gasteiger charge is 2.15. The summed E-state index contributed by atoms with van der Waals surface area (Å²) < 4.78 is 5.48. The summed E-state index contributed by atoms with van der Waals surface area (Å²) in [6.07, 6.45) is 0.820. The highest BCUT2D eigenvalue weighted by molar-refractivity contribution is 5.94. The van der Waals surface area contributed by atoms with E-state index < -0.39 is 5.97 Å². The van der Waals surface area contributed by atoms with E-state index in [1.165, 1.54) is 0 Å². The molecule has 0 atom stereocenters. The van der Waals surface area contributed by atoms with E-state index in [0.29, 0.717) is 24.9 Å². The van der Waals surface area contributed by atoms with Crippen molar-refractivity contribution in [2.45, 2.75) is 34.1 Å². The standard InChI is InChI=1S/C15H24N2O3/c1-10(2)9-20-7-5-6-16-14-13(15(18)19)11(3)8-12(4)17-14/h8,10H,5-7,9H2,1-4H3,(H,16,17)(H,18,19). The van der Waals surface area contributed by atoms with E-state index in [1.54, 1.807) is 13.0 Å².